The van der Waals surface area contributed by atoms with Crippen molar-refractivity contribution < 1.29 is 13.2 Å². The molecule has 0 aromatic heterocycles. The van der Waals surface area contributed by atoms with Crippen LogP contribution >= 0.6 is 11.6 Å². The maximum atomic E-state index is 12.8. The molecule has 1 N–H and O–H groups in total. The van der Waals surface area contributed by atoms with E-state index in [0.29, 0.717) is 28.4 Å². The van der Waals surface area contributed by atoms with Gasteiger partial charge in [-0.25, -0.2) is 13.4 Å². The van der Waals surface area contributed by atoms with Crippen molar-refractivity contribution in [3.05, 3.63) is 64.7 Å². The Morgan fingerprint density at radius 2 is 1.93 bits per heavy atom. The number of amides is 1. The SMILES string of the molecule is CC(C)C(=O)N1N=C(c2ccccc2NS(C)(=O)=O)C[C@H]1c1cccc(Cl)c1. The van der Waals surface area contributed by atoms with E-state index >= 15 is 0 Å². The molecule has 6 nitrogen and oxygen atoms in total. The minimum atomic E-state index is -3.45. The van der Waals surface area contributed by atoms with Gasteiger partial charge in [-0.3, -0.25) is 9.52 Å². The molecule has 0 bridgehead atoms. The molecule has 0 spiro atoms. The van der Waals surface area contributed by atoms with Crippen molar-refractivity contribution in [2.24, 2.45) is 11.0 Å². The van der Waals surface area contributed by atoms with E-state index in [4.69, 9.17) is 11.6 Å². The highest BCUT2D eigenvalue weighted by molar-refractivity contribution is 7.92. The van der Waals surface area contributed by atoms with Crippen LogP contribution in [0, 0.1) is 5.92 Å². The predicted molar refractivity (Wildman–Crippen MR) is 112 cm³/mol. The largest absolute Gasteiger partial charge is 0.283 e. The van der Waals surface area contributed by atoms with Gasteiger partial charge in [-0.15, -0.1) is 0 Å². The minimum Gasteiger partial charge on any atom is -0.283 e. The standard InChI is InChI=1S/C20H22ClN3O3S/c1-13(2)20(25)24-19(14-7-6-8-15(21)11-14)12-18(22-24)16-9-4-5-10-17(16)23-28(3,26)27/h4-11,13,19,23H,12H2,1-3H3/t19-/m0/s1. The maximum absolute atomic E-state index is 12.8. The molecule has 28 heavy (non-hydrogen) atoms. The summed E-state index contributed by atoms with van der Waals surface area (Å²) in [5.74, 6) is -0.331. The van der Waals surface area contributed by atoms with Gasteiger partial charge in [0.15, 0.2) is 0 Å². The number of para-hydroxylation sites is 1. The van der Waals surface area contributed by atoms with Crippen LogP contribution in [0.1, 0.15) is 37.4 Å². The minimum absolute atomic E-state index is 0.103. The first-order valence-electron chi connectivity index (χ1n) is 8.89. The van der Waals surface area contributed by atoms with Gasteiger partial charge in [0.1, 0.15) is 0 Å². The van der Waals surface area contributed by atoms with Crippen molar-refractivity contribution in [2.45, 2.75) is 26.3 Å². The summed E-state index contributed by atoms with van der Waals surface area (Å²) in [5.41, 5.74) is 2.62. The summed E-state index contributed by atoms with van der Waals surface area (Å²) in [7, 11) is -3.45. The predicted octanol–water partition coefficient (Wildman–Crippen LogP) is 4.05. The Labute approximate surface area is 170 Å². The molecular formula is C20H22ClN3O3S. The molecule has 0 aliphatic carbocycles. The Balaban J connectivity index is 2.04. The fraction of sp³-hybridized carbons (Fsp3) is 0.300. The van der Waals surface area contributed by atoms with Gasteiger partial charge in [-0.2, -0.15) is 5.10 Å². The third-order valence-corrected chi connectivity index (χ3v) is 5.22. The smallest absolute Gasteiger partial charge is 0.245 e. The van der Waals surface area contributed by atoms with Crippen molar-refractivity contribution in [3.8, 4) is 0 Å². The highest BCUT2D eigenvalue weighted by Gasteiger charge is 2.34. The average Bonchev–Trinajstić information content (AvgIpc) is 3.05. The third kappa shape index (κ3) is 4.54. The highest BCUT2D eigenvalue weighted by atomic mass is 35.5. The monoisotopic (exact) mass is 419 g/mol. The molecule has 1 amide bonds. The molecule has 0 radical (unpaired) electrons. The van der Waals surface area contributed by atoms with Crippen LogP contribution in [0.4, 0.5) is 5.69 Å². The summed E-state index contributed by atoms with van der Waals surface area (Å²) in [5, 5.41) is 6.65. The lowest BCUT2D eigenvalue weighted by atomic mass is 9.97. The number of rotatable bonds is 5. The Morgan fingerprint density at radius 3 is 2.57 bits per heavy atom. The molecule has 2 aromatic rings. The molecule has 1 heterocycles. The van der Waals surface area contributed by atoms with Crippen molar-refractivity contribution in [3.63, 3.8) is 0 Å². The van der Waals surface area contributed by atoms with Gasteiger partial charge in [-0.1, -0.05) is 55.8 Å². The first-order valence-corrected chi connectivity index (χ1v) is 11.2. The summed E-state index contributed by atoms with van der Waals surface area (Å²) in [6.45, 7) is 3.65. The van der Waals surface area contributed by atoms with Gasteiger partial charge in [0.2, 0.25) is 15.9 Å². The van der Waals surface area contributed by atoms with Crippen LogP contribution in [-0.4, -0.2) is 31.3 Å². The second kappa shape index (κ2) is 7.93. The molecule has 1 atom stereocenters. The van der Waals surface area contributed by atoms with Crippen LogP contribution in [-0.2, 0) is 14.8 Å². The second-order valence-corrected chi connectivity index (χ2v) is 9.26. The Morgan fingerprint density at radius 1 is 1.21 bits per heavy atom. The third-order valence-electron chi connectivity index (χ3n) is 4.40. The number of hydrazone groups is 1. The van der Waals surface area contributed by atoms with E-state index in [9.17, 15) is 13.2 Å². The van der Waals surface area contributed by atoms with Gasteiger partial charge in [0, 0.05) is 22.9 Å². The summed E-state index contributed by atoms with van der Waals surface area (Å²) in [4.78, 5) is 12.8. The number of sulfonamides is 1. The van der Waals surface area contributed by atoms with Crippen LogP contribution in [0.5, 0.6) is 0 Å². The Bertz CT molecular complexity index is 1030. The number of nitrogens with one attached hydrogen (secondary N) is 1. The van der Waals surface area contributed by atoms with Gasteiger partial charge in [-0.05, 0) is 23.8 Å². The van der Waals surface area contributed by atoms with Crippen LogP contribution in [0.2, 0.25) is 5.02 Å². The van der Waals surface area contributed by atoms with Crippen molar-refractivity contribution >= 4 is 38.9 Å². The summed E-state index contributed by atoms with van der Waals surface area (Å²) >= 11 is 6.15. The lowest BCUT2D eigenvalue weighted by molar-refractivity contribution is -0.136. The summed E-state index contributed by atoms with van der Waals surface area (Å²) < 4.78 is 26.0. The van der Waals surface area contributed by atoms with E-state index in [1.54, 1.807) is 24.3 Å². The fourth-order valence-corrected chi connectivity index (χ4v) is 3.91. The first-order chi connectivity index (χ1) is 13.2. The molecule has 0 saturated carbocycles. The molecule has 148 valence electrons. The fourth-order valence-electron chi connectivity index (χ4n) is 3.14. The van der Waals surface area contributed by atoms with Crippen molar-refractivity contribution in [1.82, 2.24) is 5.01 Å². The topological polar surface area (TPSA) is 78.8 Å². The number of hydrogen-bond acceptors (Lipinski definition) is 4. The molecule has 0 fully saturated rings. The number of hydrogen-bond donors (Lipinski definition) is 1. The molecule has 1 aliphatic rings. The first kappa shape index (κ1) is 20.4. The lowest BCUT2D eigenvalue weighted by Crippen LogP contribution is -2.30. The van der Waals surface area contributed by atoms with Crippen molar-refractivity contribution in [1.29, 1.82) is 0 Å². The van der Waals surface area contributed by atoms with E-state index < -0.39 is 10.0 Å². The maximum Gasteiger partial charge on any atom is 0.245 e. The number of nitrogens with zero attached hydrogens (tertiary/aromatic N) is 2. The van der Waals surface area contributed by atoms with Gasteiger partial charge in [0.05, 0.1) is 23.7 Å². The molecule has 3 rings (SSSR count). The van der Waals surface area contributed by atoms with Crippen LogP contribution in [0.3, 0.4) is 0 Å². The molecule has 1 aliphatic heterocycles. The molecule has 0 unspecified atom stereocenters. The molecule has 8 heteroatoms. The zero-order chi connectivity index (χ0) is 20.5. The number of carbonyl (C=O) groups excluding carboxylic acids is 1. The van der Waals surface area contributed by atoms with Crippen LogP contribution in [0.15, 0.2) is 53.6 Å². The number of benzene rings is 2. The average molecular weight is 420 g/mol. The lowest BCUT2D eigenvalue weighted by Gasteiger charge is -2.23. The number of anilines is 1. The molecule has 0 saturated heterocycles. The Hall–Kier alpha value is -2.38. The van der Waals surface area contributed by atoms with Crippen molar-refractivity contribution in [2.75, 3.05) is 11.0 Å². The zero-order valence-electron chi connectivity index (χ0n) is 15.9. The van der Waals surface area contributed by atoms with E-state index in [1.165, 1.54) is 5.01 Å². The van der Waals surface area contributed by atoms with Gasteiger partial charge in [0.25, 0.3) is 0 Å². The van der Waals surface area contributed by atoms with Gasteiger partial charge < -0.3 is 0 Å². The van der Waals surface area contributed by atoms with Crippen LogP contribution in [0.25, 0.3) is 0 Å². The Kier molecular flexibility index (Phi) is 5.76. The van der Waals surface area contributed by atoms with E-state index in [2.05, 4.69) is 9.82 Å². The molecule has 2 aromatic carbocycles. The summed E-state index contributed by atoms with van der Waals surface area (Å²) in [6.07, 6.45) is 1.56. The van der Waals surface area contributed by atoms with Gasteiger partial charge >= 0.3 is 0 Å². The van der Waals surface area contributed by atoms with E-state index in [0.717, 1.165) is 11.8 Å². The van der Waals surface area contributed by atoms with Crippen LogP contribution < -0.4 is 4.72 Å². The molecular weight excluding hydrogens is 398 g/mol. The summed E-state index contributed by atoms with van der Waals surface area (Å²) in [6, 6.07) is 14.1. The number of halogens is 1. The number of carbonyl (C=O) groups is 1. The normalized spacial score (nSPS) is 17.0. The van der Waals surface area contributed by atoms with E-state index in [-0.39, 0.29) is 17.9 Å². The second-order valence-electron chi connectivity index (χ2n) is 7.08. The zero-order valence-corrected chi connectivity index (χ0v) is 17.5. The highest BCUT2D eigenvalue weighted by Crippen LogP contribution is 2.36. The quantitative estimate of drug-likeness (QED) is 0.794. The van der Waals surface area contributed by atoms with E-state index in [1.807, 2.05) is 38.1 Å².